The summed E-state index contributed by atoms with van der Waals surface area (Å²) in [6, 6.07) is 0.0529. The molecule has 1 aliphatic heterocycles. The second-order valence-electron chi connectivity index (χ2n) is 5.66. The molecule has 88 valence electrons. The van der Waals surface area contributed by atoms with Gasteiger partial charge in [0.05, 0.1) is 6.04 Å². The first kappa shape index (κ1) is 12.5. The molecule has 0 bridgehead atoms. The molecule has 2 atom stereocenters. The first-order valence-corrected chi connectivity index (χ1v) is 5.92. The molecule has 0 aromatic carbocycles. The summed E-state index contributed by atoms with van der Waals surface area (Å²) in [5.41, 5.74) is 0.260. The minimum Gasteiger partial charge on any atom is -0.354 e. The average Bonchev–Trinajstić information content (AvgIpc) is 2.64. The molecule has 0 aliphatic carbocycles. The van der Waals surface area contributed by atoms with E-state index in [-0.39, 0.29) is 17.4 Å². The molecule has 1 saturated heterocycles. The van der Waals surface area contributed by atoms with E-state index in [2.05, 4.69) is 38.3 Å². The Balaban J connectivity index is 2.27. The summed E-state index contributed by atoms with van der Waals surface area (Å²) in [5.74, 6) is 0.673. The molecular weight excluding hydrogens is 188 g/mol. The average molecular weight is 212 g/mol. The minimum absolute atomic E-state index is 0.0529. The van der Waals surface area contributed by atoms with Crippen molar-refractivity contribution in [1.82, 2.24) is 10.6 Å². The first-order chi connectivity index (χ1) is 6.91. The molecule has 0 radical (unpaired) electrons. The van der Waals surface area contributed by atoms with Gasteiger partial charge in [-0.25, -0.2) is 0 Å². The van der Waals surface area contributed by atoms with Crippen LogP contribution < -0.4 is 10.6 Å². The summed E-state index contributed by atoms with van der Waals surface area (Å²) in [6.45, 7) is 10.6. The van der Waals surface area contributed by atoms with Gasteiger partial charge in [0.15, 0.2) is 0 Å². The number of amides is 1. The third-order valence-corrected chi connectivity index (χ3v) is 3.44. The van der Waals surface area contributed by atoms with Gasteiger partial charge in [0.2, 0.25) is 5.91 Å². The van der Waals surface area contributed by atoms with Crippen molar-refractivity contribution < 1.29 is 4.79 Å². The summed E-state index contributed by atoms with van der Waals surface area (Å²) >= 11 is 0. The van der Waals surface area contributed by atoms with E-state index in [1.54, 1.807) is 0 Å². The van der Waals surface area contributed by atoms with E-state index in [1.807, 2.05) is 0 Å². The molecular formula is C12H24N2O. The second-order valence-corrected chi connectivity index (χ2v) is 5.66. The van der Waals surface area contributed by atoms with E-state index in [9.17, 15) is 4.79 Å². The fourth-order valence-electron chi connectivity index (χ4n) is 1.59. The van der Waals surface area contributed by atoms with E-state index >= 15 is 0 Å². The molecule has 1 rings (SSSR count). The Labute approximate surface area is 93.0 Å². The Bertz CT molecular complexity index is 214. The van der Waals surface area contributed by atoms with Crippen LogP contribution in [0, 0.1) is 11.3 Å². The predicted octanol–water partition coefficient (Wildman–Crippen LogP) is 1.54. The van der Waals surface area contributed by atoms with Crippen molar-refractivity contribution >= 4 is 5.91 Å². The number of nitrogens with one attached hydrogen (secondary N) is 2. The molecule has 1 amide bonds. The van der Waals surface area contributed by atoms with Crippen LogP contribution in [0.5, 0.6) is 0 Å². The quantitative estimate of drug-likeness (QED) is 0.745. The number of carbonyl (C=O) groups excluding carboxylic acids is 1. The van der Waals surface area contributed by atoms with Crippen molar-refractivity contribution in [2.75, 3.05) is 13.1 Å². The molecule has 15 heavy (non-hydrogen) atoms. The van der Waals surface area contributed by atoms with Crippen molar-refractivity contribution in [3.63, 3.8) is 0 Å². The maximum atomic E-state index is 11.7. The zero-order valence-electron chi connectivity index (χ0n) is 10.4. The smallest absolute Gasteiger partial charge is 0.237 e. The largest absolute Gasteiger partial charge is 0.354 e. The number of hydrogen-bond donors (Lipinski definition) is 2. The molecule has 1 heterocycles. The van der Waals surface area contributed by atoms with Crippen LogP contribution in [0.4, 0.5) is 0 Å². The summed E-state index contributed by atoms with van der Waals surface area (Å²) in [4.78, 5) is 11.7. The maximum Gasteiger partial charge on any atom is 0.237 e. The molecule has 3 nitrogen and oxygen atoms in total. The van der Waals surface area contributed by atoms with E-state index in [0.29, 0.717) is 5.92 Å². The van der Waals surface area contributed by atoms with Gasteiger partial charge in [-0.3, -0.25) is 4.79 Å². The minimum atomic E-state index is 0.0529. The van der Waals surface area contributed by atoms with Gasteiger partial charge >= 0.3 is 0 Å². The molecule has 2 N–H and O–H groups in total. The molecule has 0 aromatic heterocycles. The third-order valence-electron chi connectivity index (χ3n) is 3.44. The highest BCUT2D eigenvalue weighted by Crippen LogP contribution is 2.24. The molecule has 1 fully saturated rings. The number of carbonyl (C=O) groups is 1. The SMILES string of the molecule is CC(CNC(=O)[C@H]1CCCN1)C(C)(C)C. The van der Waals surface area contributed by atoms with Gasteiger partial charge in [-0.05, 0) is 30.7 Å². The van der Waals surface area contributed by atoms with Crippen LogP contribution in [0.3, 0.4) is 0 Å². The van der Waals surface area contributed by atoms with Gasteiger partial charge in [-0.15, -0.1) is 0 Å². The lowest BCUT2D eigenvalue weighted by molar-refractivity contribution is -0.123. The zero-order chi connectivity index (χ0) is 11.5. The molecule has 1 aliphatic rings. The maximum absolute atomic E-state index is 11.7. The van der Waals surface area contributed by atoms with Crippen LogP contribution in [0.15, 0.2) is 0 Å². The van der Waals surface area contributed by atoms with E-state index in [1.165, 1.54) is 0 Å². The van der Waals surface area contributed by atoms with Crippen molar-refractivity contribution in [1.29, 1.82) is 0 Å². The van der Waals surface area contributed by atoms with E-state index < -0.39 is 0 Å². The van der Waals surface area contributed by atoms with Crippen molar-refractivity contribution in [2.24, 2.45) is 11.3 Å². The van der Waals surface area contributed by atoms with Gasteiger partial charge in [-0.1, -0.05) is 27.7 Å². The van der Waals surface area contributed by atoms with E-state index in [0.717, 1.165) is 25.9 Å². The van der Waals surface area contributed by atoms with Crippen LogP contribution >= 0.6 is 0 Å². The molecule has 0 aromatic rings. The topological polar surface area (TPSA) is 41.1 Å². The van der Waals surface area contributed by atoms with Gasteiger partial charge < -0.3 is 10.6 Å². The Kier molecular flexibility index (Phi) is 4.14. The Morgan fingerprint density at radius 1 is 1.53 bits per heavy atom. The second kappa shape index (κ2) is 4.97. The first-order valence-electron chi connectivity index (χ1n) is 5.92. The summed E-state index contributed by atoms with van der Waals surface area (Å²) in [7, 11) is 0. The lowest BCUT2D eigenvalue weighted by Crippen LogP contribution is -2.43. The van der Waals surface area contributed by atoms with E-state index in [4.69, 9.17) is 0 Å². The molecule has 1 unspecified atom stereocenters. The van der Waals surface area contributed by atoms with Gasteiger partial charge in [-0.2, -0.15) is 0 Å². The zero-order valence-corrected chi connectivity index (χ0v) is 10.4. The lowest BCUT2D eigenvalue weighted by atomic mass is 9.82. The highest BCUT2D eigenvalue weighted by molar-refractivity contribution is 5.81. The molecule has 0 spiro atoms. The van der Waals surface area contributed by atoms with Crippen LogP contribution in [0.2, 0.25) is 0 Å². The highest BCUT2D eigenvalue weighted by Gasteiger charge is 2.24. The standard InChI is InChI=1S/C12H24N2O/c1-9(12(2,3)4)8-14-11(15)10-6-5-7-13-10/h9-10,13H,5-8H2,1-4H3,(H,14,15)/t9?,10-/m1/s1. The van der Waals surface area contributed by atoms with Crippen molar-refractivity contribution in [3.8, 4) is 0 Å². The van der Waals surface area contributed by atoms with Crippen LogP contribution in [-0.4, -0.2) is 25.0 Å². The Morgan fingerprint density at radius 2 is 2.20 bits per heavy atom. The summed E-state index contributed by atoms with van der Waals surface area (Å²) in [5, 5.41) is 6.24. The monoisotopic (exact) mass is 212 g/mol. The molecule has 3 heteroatoms. The summed E-state index contributed by atoms with van der Waals surface area (Å²) in [6.07, 6.45) is 2.10. The third kappa shape index (κ3) is 3.82. The normalized spacial score (nSPS) is 23.9. The van der Waals surface area contributed by atoms with Crippen LogP contribution in [0.25, 0.3) is 0 Å². The van der Waals surface area contributed by atoms with Crippen molar-refractivity contribution in [2.45, 2.75) is 46.6 Å². The fourth-order valence-corrected chi connectivity index (χ4v) is 1.59. The lowest BCUT2D eigenvalue weighted by Gasteiger charge is -2.27. The van der Waals surface area contributed by atoms with Crippen LogP contribution in [-0.2, 0) is 4.79 Å². The predicted molar refractivity (Wildman–Crippen MR) is 62.7 cm³/mol. The van der Waals surface area contributed by atoms with Gasteiger partial charge in [0.1, 0.15) is 0 Å². The summed E-state index contributed by atoms with van der Waals surface area (Å²) < 4.78 is 0. The fraction of sp³-hybridized carbons (Fsp3) is 0.917. The highest BCUT2D eigenvalue weighted by atomic mass is 16.2. The number of hydrogen-bond acceptors (Lipinski definition) is 2. The number of rotatable bonds is 3. The van der Waals surface area contributed by atoms with Gasteiger partial charge in [0, 0.05) is 6.54 Å². The Morgan fingerprint density at radius 3 is 2.67 bits per heavy atom. The Hall–Kier alpha value is -0.570. The van der Waals surface area contributed by atoms with Crippen molar-refractivity contribution in [3.05, 3.63) is 0 Å². The molecule has 0 saturated carbocycles. The van der Waals surface area contributed by atoms with Gasteiger partial charge in [0.25, 0.3) is 0 Å². The van der Waals surface area contributed by atoms with Crippen LogP contribution in [0.1, 0.15) is 40.5 Å².